The zero-order chi connectivity index (χ0) is 18.8. The van der Waals surface area contributed by atoms with Gasteiger partial charge in [-0.1, -0.05) is 23.9 Å². The number of hydrogen-bond donors (Lipinski definition) is 0. The van der Waals surface area contributed by atoms with E-state index in [0.717, 1.165) is 24.1 Å². The van der Waals surface area contributed by atoms with E-state index in [4.69, 9.17) is 0 Å². The van der Waals surface area contributed by atoms with Crippen LogP contribution in [0.4, 0.5) is 0 Å². The molecule has 0 N–H and O–H groups in total. The maximum Gasteiger partial charge on any atom is 0.236 e. The first-order valence-electron chi connectivity index (χ1n) is 9.24. The molecular formula is C19H27N5OS. The summed E-state index contributed by atoms with van der Waals surface area (Å²) >= 11 is 1.43. The van der Waals surface area contributed by atoms with Crippen molar-refractivity contribution in [2.45, 2.75) is 76.4 Å². The highest BCUT2D eigenvalue weighted by Crippen LogP contribution is 2.29. The summed E-state index contributed by atoms with van der Waals surface area (Å²) in [5.41, 5.74) is 3.28. The highest BCUT2D eigenvalue weighted by Gasteiger charge is 2.32. The maximum absolute atomic E-state index is 13.0. The number of thioether (sulfide) groups is 1. The molecule has 6 nitrogen and oxygen atoms in total. The van der Waals surface area contributed by atoms with Gasteiger partial charge in [-0.05, 0) is 81.5 Å². The summed E-state index contributed by atoms with van der Waals surface area (Å²) in [6.45, 7) is 10.4. The molecule has 0 radical (unpaired) electrons. The molecule has 1 aliphatic heterocycles. The monoisotopic (exact) mass is 373 g/mol. The van der Waals surface area contributed by atoms with Gasteiger partial charge in [0.1, 0.15) is 0 Å². The van der Waals surface area contributed by atoms with Crippen molar-refractivity contribution in [3.8, 4) is 5.69 Å². The Balaban J connectivity index is 1.81. The van der Waals surface area contributed by atoms with E-state index in [0.29, 0.717) is 17.2 Å². The molecule has 3 atom stereocenters. The lowest BCUT2D eigenvalue weighted by Gasteiger charge is -2.40. The van der Waals surface area contributed by atoms with Crippen LogP contribution in [0.3, 0.4) is 0 Å². The van der Waals surface area contributed by atoms with Gasteiger partial charge in [0, 0.05) is 12.1 Å². The molecule has 26 heavy (non-hydrogen) atoms. The minimum absolute atomic E-state index is 0.171. The van der Waals surface area contributed by atoms with E-state index in [1.807, 2.05) is 24.0 Å². The molecule has 2 aromatic rings. The van der Waals surface area contributed by atoms with Gasteiger partial charge in [0.15, 0.2) is 0 Å². The lowest BCUT2D eigenvalue weighted by molar-refractivity contribution is -0.136. The minimum Gasteiger partial charge on any atom is -0.336 e. The van der Waals surface area contributed by atoms with Gasteiger partial charge in [-0.25, -0.2) is 0 Å². The van der Waals surface area contributed by atoms with Crippen LogP contribution in [0, 0.1) is 13.8 Å². The van der Waals surface area contributed by atoms with Crippen LogP contribution in [0.25, 0.3) is 5.69 Å². The third-order valence-electron chi connectivity index (χ3n) is 5.32. The van der Waals surface area contributed by atoms with Crippen LogP contribution < -0.4 is 0 Å². The predicted octanol–water partition coefficient (Wildman–Crippen LogP) is 3.55. The second-order valence-corrected chi connectivity index (χ2v) is 8.53. The average molecular weight is 374 g/mol. The summed E-state index contributed by atoms with van der Waals surface area (Å²) in [5.74, 6) is 0.171. The molecule has 3 rings (SSSR count). The molecule has 0 unspecified atom stereocenters. The first kappa shape index (κ1) is 18.9. The van der Waals surface area contributed by atoms with Crippen LogP contribution in [0.5, 0.6) is 0 Å². The average Bonchev–Trinajstić information content (AvgIpc) is 3.05. The lowest BCUT2D eigenvalue weighted by atomic mass is 9.97. The molecule has 0 spiro atoms. The van der Waals surface area contributed by atoms with Gasteiger partial charge in [0.05, 0.1) is 10.9 Å². The largest absolute Gasteiger partial charge is 0.336 e. The standard InChI is InChI=1S/C19H27N5OS/c1-12-8-6-11-17(15(12)4)24-19(20-21-22-24)26-16(5)18(25)23-13(2)9-7-10-14(23)3/h6,8,11,13-14,16H,7,9-10H2,1-5H3/t13-,14-,16+/m0/s1. The number of benzene rings is 1. The first-order chi connectivity index (χ1) is 12.4. The van der Waals surface area contributed by atoms with Gasteiger partial charge in [0.2, 0.25) is 11.1 Å². The molecule has 1 aromatic heterocycles. The number of carbonyl (C=O) groups excluding carboxylic acids is 1. The molecule has 140 valence electrons. The van der Waals surface area contributed by atoms with Crippen LogP contribution in [0.1, 0.15) is 51.2 Å². The predicted molar refractivity (Wildman–Crippen MR) is 104 cm³/mol. The summed E-state index contributed by atoms with van der Waals surface area (Å²) in [7, 11) is 0. The molecule has 1 aliphatic rings. The van der Waals surface area contributed by atoms with Crippen molar-refractivity contribution in [1.82, 2.24) is 25.1 Å². The SMILES string of the molecule is Cc1cccc(-n2nnnc2S[C@H](C)C(=O)N2[C@@H](C)CCC[C@@H]2C)c1C. The molecule has 1 fully saturated rings. The van der Waals surface area contributed by atoms with E-state index in [2.05, 4.69) is 49.3 Å². The van der Waals surface area contributed by atoms with E-state index in [-0.39, 0.29) is 11.2 Å². The first-order valence-corrected chi connectivity index (χ1v) is 10.1. The van der Waals surface area contributed by atoms with Crippen LogP contribution in [0.2, 0.25) is 0 Å². The summed E-state index contributed by atoms with van der Waals surface area (Å²) in [6.07, 6.45) is 3.35. The van der Waals surface area contributed by atoms with Gasteiger partial charge in [-0.15, -0.1) is 5.10 Å². The van der Waals surface area contributed by atoms with Crippen LogP contribution in [-0.2, 0) is 4.79 Å². The van der Waals surface area contributed by atoms with Gasteiger partial charge in [-0.3, -0.25) is 4.79 Å². The Morgan fingerprint density at radius 2 is 1.92 bits per heavy atom. The Morgan fingerprint density at radius 1 is 1.23 bits per heavy atom. The van der Waals surface area contributed by atoms with Gasteiger partial charge in [0.25, 0.3) is 0 Å². The molecular weight excluding hydrogens is 346 g/mol. The maximum atomic E-state index is 13.0. The molecule has 1 saturated heterocycles. The lowest BCUT2D eigenvalue weighted by Crippen LogP contribution is -2.50. The van der Waals surface area contributed by atoms with E-state index < -0.39 is 0 Å². The minimum atomic E-state index is -0.229. The van der Waals surface area contributed by atoms with Gasteiger partial charge < -0.3 is 4.90 Å². The summed E-state index contributed by atoms with van der Waals surface area (Å²) in [4.78, 5) is 15.1. The number of hydrogen-bond acceptors (Lipinski definition) is 5. The summed E-state index contributed by atoms with van der Waals surface area (Å²) < 4.78 is 1.74. The summed E-state index contributed by atoms with van der Waals surface area (Å²) in [5, 5.41) is 12.6. The Hall–Kier alpha value is -1.89. The van der Waals surface area contributed by atoms with Crippen LogP contribution in [0.15, 0.2) is 23.4 Å². The van der Waals surface area contributed by atoms with E-state index >= 15 is 0 Å². The zero-order valence-electron chi connectivity index (χ0n) is 16.1. The fraction of sp³-hybridized carbons (Fsp3) is 0.579. The van der Waals surface area contributed by atoms with Crippen LogP contribution in [-0.4, -0.2) is 48.3 Å². The molecule has 2 heterocycles. The molecule has 0 aliphatic carbocycles. The van der Waals surface area contributed by atoms with Crippen molar-refractivity contribution in [3.63, 3.8) is 0 Å². The van der Waals surface area contributed by atoms with Crippen molar-refractivity contribution >= 4 is 17.7 Å². The molecule has 1 aromatic carbocycles. The fourth-order valence-electron chi connectivity index (χ4n) is 3.64. The van der Waals surface area contributed by atoms with E-state index in [9.17, 15) is 4.79 Å². The highest BCUT2D eigenvalue weighted by molar-refractivity contribution is 8.00. The van der Waals surface area contributed by atoms with E-state index in [1.54, 1.807) is 4.68 Å². The zero-order valence-corrected chi connectivity index (χ0v) is 17.0. The third-order valence-corrected chi connectivity index (χ3v) is 6.34. The quantitative estimate of drug-likeness (QED) is 0.767. The number of nitrogens with zero attached hydrogens (tertiary/aromatic N) is 5. The van der Waals surface area contributed by atoms with Gasteiger partial charge in [-0.2, -0.15) is 4.68 Å². The van der Waals surface area contributed by atoms with Crippen molar-refractivity contribution in [2.75, 3.05) is 0 Å². The Labute approximate surface area is 159 Å². The number of likely N-dealkylation sites (tertiary alicyclic amines) is 1. The number of rotatable bonds is 4. The molecule has 7 heteroatoms. The van der Waals surface area contributed by atoms with Crippen molar-refractivity contribution in [1.29, 1.82) is 0 Å². The number of aromatic nitrogens is 4. The van der Waals surface area contributed by atoms with Crippen molar-refractivity contribution < 1.29 is 4.79 Å². The second kappa shape index (κ2) is 7.78. The molecule has 0 bridgehead atoms. The number of piperidine rings is 1. The third kappa shape index (κ3) is 3.63. The van der Waals surface area contributed by atoms with Gasteiger partial charge >= 0.3 is 0 Å². The Bertz CT molecular complexity index is 780. The smallest absolute Gasteiger partial charge is 0.236 e. The van der Waals surface area contributed by atoms with Crippen molar-refractivity contribution in [3.05, 3.63) is 29.3 Å². The summed E-state index contributed by atoms with van der Waals surface area (Å²) in [6, 6.07) is 6.67. The number of aryl methyl sites for hydroxylation is 1. The van der Waals surface area contributed by atoms with Crippen molar-refractivity contribution in [2.24, 2.45) is 0 Å². The fourth-order valence-corrected chi connectivity index (χ4v) is 4.50. The van der Waals surface area contributed by atoms with Crippen LogP contribution >= 0.6 is 11.8 Å². The number of amides is 1. The Morgan fingerprint density at radius 3 is 2.62 bits per heavy atom. The highest BCUT2D eigenvalue weighted by atomic mass is 32.2. The molecule has 0 saturated carbocycles. The Kier molecular flexibility index (Phi) is 5.65. The second-order valence-electron chi connectivity index (χ2n) is 7.23. The number of carbonyl (C=O) groups is 1. The normalized spacial score (nSPS) is 21.7. The topological polar surface area (TPSA) is 63.9 Å². The van der Waals surface area contributed by atoms with E-state index in [1.165, 1.54) is 23.7 Å². The number of tetrazole rings is 1. The molecule has 1 amide bonds.